The zero-order valence-corrected chi connectivity index (χ0v) is 15.9. The number of imidazole rings is 1. The Morgan fingerprint density at radius 3 is 2.78 bits per heavy atom. The first-order valence-corrected chi connectivity index (χ1v) is 10.0. The van der Waals surface area contributed by atoms with Crippen LogP contribution in [-0.2, 0) is 5.54 Å². The minimum Gasteiger partial charge on any atom is -0.366 e. The number of fused-ring (bicyclic) bond motifs is 2. The van der Waals surface area contributed by atoms with E-state index in [0.717, 1.165) is 63.1 Å². The van der Waals surface area contributed by atoms with Gasteiger partial charge >= 0.3 is 0 Å². The highest BCUT2D eigenvalue weighted by Crippen LogP contribution is 2.56. The van der Waals surface area contributed by atoms with Gasteiger partial charge in [-0.1, -0.05) is 6.07 Å². The van der Waals surface area contributed by atoms with Crippen molar-refractivity contribution in [1.82, 2.24) is 24.7 Å². The number of carbonyl (C=O) groups excluding carboxylic acids is 1. The molecule has 0 radical (unpaired) electrons. The number of aromatic nitrogens is 2. The van der Waals surface area contributed by atoms with E-state index in [2.05, 4.69) is 26.7 Å². The molecule has 1 amide bonds. The van der Waals surface area contributed by atoms with Crippen LogP contribution in [0.4, 0.5) is 0 Å². The van der Waals surface area contributed by atoms with E-state index in [-0.39, 0.29) is 5.54 Å². The fourth-order valence-corrected chi connectivity index (χ4v) is 5.20. The Hall–Kier alpha value is -1.96. The van der Waals surface area contributed by atoms with Crippen LogP contribution in [0.5, 0.6) is 0 Å². The number of piperazine rings is 1. The summed E-state index contributed by atoms with van der Waals surface area (Å²) >= 11 is 0. The summed E-state index contributed by atoms with van der Waals surface area (Å²) in [5.74, 6) is 1.38. The van der Waals surface area contributed by atoms with Crippen molar-refractivity contribution in [3.63, 3.8) is 0 Å². The predicted molar refractivity (Wildman–Crippen MR) is 105 cm³/mol. The van der Waals surface area contributed by atoms with Gasteiger partial charge in [0.2, 0.25) is 0 Å². The number of hydrogen-bond donors (Lipinski definition) is 2. The lowest BCUT2D eigenvalue weighted by Crippen LogP contribution is -2.49. The molecule has 6 rings (SSSR count). The molecule has 144 valence electrons. The molecule has 0 atom stereocenters. The standard InChI is InChI=1S/C20H28N6O/c1-24-5-7-25(8-6-24)9-10-26-13-14-11-20(26,12-14)19-22-16-4-2-3-15(18(21)27)17(16)23-19/h2-4,14H,5-13H2,1H3,(H2,21,27)(H,22,23). The van der Waals surface area contributed by atoms with Crippen molar-refractivity contribution in [2.45, 2.75) is 18.4 Å². The Labute approximate surface area is 159 Å². The summed E-state index contributed by atoms with van der Waals surface area (Å²) in [5.41, 5.74) is 7.68. The first-order valence-electron chi connectivity index (χ1n) is 10.0. The number of para-hydroxylation sites is 1. The van der Waals surface area contributed by atoms with Crippen LogP contribution in [0.1, 0.15) is 29.0 Å². The minimum atomic E-state index is -0.416. The predicted octanol–water partition coefficient (Wildman–Crippen LogP) is 0.830. The number of primary amides is 1. The van der Waals surface area contributed by atoms with Gasteiger partial charge in [0.25, 0.3) is 5.91 Å². The monoisotopic (exact) mass is 368 g/mol. The number of carbonyl (C=O) groups is 1. The second-order valence-electron chi connectivity index (χ2n) is 8.55. The van der Waals surface area contributed by atoms with Gasteiger partial charge in [-0.05, 0) is 37.9 Å². The van der Waals surface area contributed by atoms with Crippen LogP contribution in [0.2, 0.25) is 0 Å². The Bertz CT molecular complexity index is 862. The molecule has 0 unspecified atom stereocenters. The number of nitrogens with zero attached hydrogens (tertiary/aromatic N) is 4. The Morgan fingerprint density at radius 2 is 2.04 bits per heavy atom. The number of amides is 1. The van der Waals surface area contributed by atoms with Crippen LogP contribution in [-0.4, -0.2) is 83.4 Å². The summed E-state index contributed by atoms with van der Waals surface area (Å²) < 4.78 is 0. The smallest absolute Gasteiger partial charge is 0.250 e. The Balaban J connectivity index is 1.37. The van der Waals surface area contributed by atoms with Crippen LogP contribution >= 0.6 is 0 Å². The van der Waals surface area contributed by atoms with E-state index in [1.54, 1.807) is 6.07 Å². The number of hydrogen-bond acceptors (Lipinski definition) is 5. The van der Waals surface area contributed by atoms with Crippen molar-refractivity contribution in [2.75, 3.05) is 52.9 Å². The van der Waals surface area contributed by atoms with Gasteiger partial charge in [-0.25, -0.2) is 4.98 Å². The average molecular weight is 368 g/mol. The summed E-state index contributed by atoms with van der Waals surface area (Å²) in [6.07, 6.45) is 2.34. The van der Waals surface area contributed by atoms with E-state index in [0.29, 0.717) is 11.1 Å². The largest absolute Gasteiger partial charge is 0.366 e. The number of benzene rings is 1. The van der Waals surface area contributed by atoms with Gasteiger partial charge in [-0.2, -0.15) is 0 Å². The van der Waals surface area contributed by atoms with E-state index < -0.39 is 5.91 Å². The van der Waals surface area contributed by atoms with Crippen molar-refractivity contribution in [1.29, 1.82) is 0 Å². The van der Waals surface area contributed by atoms with Gasteiger partial charge in [-0.3, -0.25) is 14.6 Å². The zero-order chi connectivity index (χ0) is 18.6. The number of nitrogens with one attached hydrogen (secondary N) is 1. The molecule has 1 aromatic heterocycles. The van der Waals surface area contributed by atoms with Crippen molar-refractivity contribution in [3.8, 4) is 0 Å². The molecule has 27 heavy (non-hydrogen) atoms. The molecule has 2 aromatic rings. The lowest BCUT2D eigenvalue weighted by molar-refractivity contribution is 0.0756. The third-order valence-corrected chi connectivity index (χ3v) is 6.84. The highest BCUT2D eigenvalue weighted by Gasteiger charge is 2.58. The molecule has 1 aliphatic carbocycles. The maximum atomic E-state index is 11.7. The van der Waals surface area contributed by atoms with Crippen LogP contribution in [0.15, 0.2) is 18.2 Å². The molecule has 4 fully saturated rings. The van der Waals surface area contributed by atoms with Crippen molar-refractivity contribution in [2.24, 2.45) is 11.7 Å². The fraction of sp³-hybridized carbons (Fsp3) is 0.600. The minimum absolute atomic E-state index is 0.0190. The Morgan fingerprint density at radius 1 is 1.26 bits per heavy atom. The van der Waals surface area contributed by atoms with Crippen molar-refractivity contribution >= 4 is 16.9 Å². The topological polar surface area (TPSA) is 81.5 Å². The molecule has 4 heterocycles. The molecule has 3 N–H and O–H groups in total. The molecule has 4 aliphatic rings. The number of H-pyrrole nitrogens is 1. The number of aromatic amines is 1. The van der Waals surface area contributed by atoms with Crippen molar-refractivity contribution < 1.29 is 4.79 Å². The highest BCUT2D eigenvalue weighted by molar-refractivity contribution is 6.04. The second-order valence-corrected chi connectivity index (χ2v) is 8.55. The zero-order valence-electron chi connectivity index (χ0n) is 15.9. The summed E-state index contributed by atoms with van der Waals surface area (Å²) in [7, 11) is 2.20. The molecule has 3 aliphatic heterocycles. The van der Waals surface area contributed by atoms with Crippen molar-refractivity contribution in [3.05, 3.63) is 29.6 Å². The van der Waals surface area contributed by atoms with Gasteiger partial charge in [0.05, 0.1) is 16.6 Å². The van der Waals surface area contributed by atoms with Gasteiger partial charge in [0, 0.05) is 45.8 Å². The lowest BCUT2D eigenvalue weighted by Gasteiger charge is -2.41. The SMILES string of the molecule is CN1CCN(CCN2CC3CC2(c2nc4c(C(N)=O)cccc4[nH]2)C3)CC1. The molecule has 1 saturated carbocycles. The molecule has 7 nitrogen and oxygen atoms in total. The Kier molecular flexibility index (Phi) is 4.00. The molecule has 1 aromatic carbocycles. The maximum absolute atomic E-state index is 11.7. The fourth-order valence-electron chi connectivity index (χ4n) is 5.20. The average Bonchev–Trinajstić information content (AvgIpc) is 3.30. The molecule has 0 spiro atoms. The van der Waals surface area contributed by atoms with Gasteiger partial charge in [-0.15, -0.1) is 0 Å². The van der Waals surface area contributed by atoms with Crippen LogP contribution in [0.3, 0.4) is 0 Å². The van der Waals surface area contributed by atoms with E-state index >= 15 is 0 Å². The van der Waals surface area contributed by atoms with E-state index in [1.165, 1.54) is 12.8 Å². The first-order chi connectivity index (χ1) is 13.0. The molecular formula is C20H28N6O. The maximum Gasteiger partial charge on any atom is 0.250 e. The number of nitrogens with two attached hydrogens (primary N) is 1. The quantitative estimate of drug-likeness (QED) is 0.817. The normalized spacial score (nSPS) is 29.3. The number of rotatable bonds is 5. The van der Waals surface area contributed by atoms with Crippen LogP contribution in [0, 0.1) is 5.92 Å². The highest BCUT2D eigenvalue weighted by atomic mass is 16.1. The molecule has 2 bridgehead atoms. The van der Waals surface area contributed by atoms with E-state index in [4.69, 9.17) is 10.7 Å². The van der Waals surface area contributed by atoms with Gasteiger partial charge in [0.15, 0.2) is 0 Å². The van der Waals surface area contributed by atoms with E-state index in [9.17, 15) is 4.79 Å². The van der Waals surface area contributed by atoms with Gasteiger partial charge in [0.1, 0.15) is 11.3 Å². The summed E-state index contributed by atoms with van der Waals surface area (Å²) in [6.45, 7) is 8.00. The first kappa shape index (κ1) is 17.2. The summed E-state index contributed by atoms with van der Waals surface area (Å²) in [5, 5.41) is 0. The van der Waals surface area contributed by atoms with Crippen LogP contribution < -0.4 is 5.73 Å². The molecule has 7 heteroatoms. The second kappa shape index (κ2) is 6.29. The van der Waals surface area contributed by atoms with E-state index in [1.807, 2.05) is 12.1 Å². The lowest BCUT2D eigenvalue weighted by atomic mass is 9.72. The third kappa shape index (κ3) is 2.76. The third-order valence-electron chi connectivity index (χ3n) is 6.84. The van der Waals surface area contributed by atoms with Crippen LogP contribution in [0.25, 0.3) is 11.0 Å². The molecule has 3 saturated heterocycles. The number of likely N-dealkylation sites (N-methyl/N-ethyl adjacent to an activating group) is 1. The summed E-state index contributed by atoms with van der Waals surface area (Å²) in [4.78, 5) is 27.7. The summed E-state index contributed by atoms with van der Waals surface area (Å²) in [6, 6.07) is 5.61. The molecular weight excluding hydrogens is 340 g/mol. The van der Waals surface area contributed by atoms with Gasteiger partial charge < -0.3 is 15.6 Å².